The molecule has 1 aromatic carbocycles. The molecule has 0 bridgehead atoms. The molecular weight excluding hydrogens is 444 g/mol. The number of hydrogen-bond acceptors (Lipinski definition) is 6. The van der Waals surface area contributed by atoms with Crippen LogP contribution < -0.4 is 10.2 Å². The fourth-order valence-electron chi connectivity index (χ4n) is 4.90. The Balaban J connectivity index is 1.19. The van der Waals surface area contributed by atoms with Gasteiger partial charge in [0.05, 0.1) is 11.7 Å². The molecule has 7 nitrogen and oxygen atoms in total. The van der Waals surface area contributed by atoms with Crippen LogP contribution in [0.15, 0.2) is 43.0 Å². The Morgan fingerprint density at radius 3 is 2.53 bits per heavy atom. The van der Waals surface area contributed by atoms with Crippen LogP contribution in [0, 0.1) is 19.8 Å². The highest BCUT2D eigenvalue weighted by Gasteiger charge is 2.31. The highest BCUT2D eigenvalue weighted by Crippen LogP contribution is 2.41. The second-order valence-electron chi connectivity index (χ2n) is 9.36. The lowest BCUT2D eigenvalue weighted by atomic mass is 9.95. The topological polar surface area (TPSA) is 75.9 Å². The molecule has 0 radical (unpaired) electrons. The number of benzene rings is 1. The number of hydrogen-bond donors (Lipinski definition) is 1. The summed E-state index contributed by atoms with van der Waals surface area (Å²) in [6, 6.07) is 10.5. The lowest BCUT2D eigenvalue weighted by Gasteiger charge is -2.32. The first-order valence-electron chi connectivity index (χ1n) is 12.0. The van der Waals surface area contributed by atoms with Gasteiger partial charge < -0.3 is 14.8 Å². The van der Waals surface area contributed by atoms with Crippen molar-refractivity contribution in [2.24, 2.45) is 5.92 Å². The molecule has 1 saturated heterocycles. The van der Waals surface area contributed by atoms with Crippen LogP contribution in [0.2, 0.25) is 0 Å². The summed E-state index contributed by atoms with van der Waals surface area (Å²) in [6.07, 6.45) is 7.43. The van der Waals surface area contributed by atoms with E-state index in [9.17, 15) is 4.79 Å². The number of imidazole rings is 1. The molecule has 1 N–H and O–H groups in total. The van der Waals surface area contributed by atoms with E-state index < -0.39 is 0 Å². The van der Waals surface area contributed by atoms with Crippen molar-refractivity contribution in [2.45, 2.75) is 45.6 Å². The zero-order valence-electron chi connectivity index (χ0n) is 19.5. The van der Waals surface area contributed by atoms with Crippen molar-refractivity contribution >= 4 is 39.1 Å². The summed E-state index contributed by atoms with van der Waals surface area (Å²) in [7, 11) is 0. The highest BCUT2D eigenvalue weighted by atomic mass is 32.1. The summed E-state index contributed by atoms with van der Waals surface area (Å²) in [6.45, 7) is 5.91. The molecule has 2 aliphatic rings. The van der Waals surface area contributed by atoms with E-state index in [1.165, 1.54) is 10.4 Å². The third kappa shape index (κ3) is 3.76. The first kappa shape index (κ1) is 21.3. The SMILES string of the molecule is Cc1sc2ncnc(N3CCC(C(=O)Nc4c(-c5ccccc5)ncn4C4CC4)CC3)c2c1C. The molecule has 1 amide bonds. The van der Waals surface area contributed by atoms with Crippen molar-refractivity contribution in [3.05, 3.63) is 53.4 Å². The minimum atomic E-state index is -0.0231. The molecule has 1 aliphatic carbocycles. The number of carbonyl (C=O) groups excluding carboxylic acids is 1. The van der Waals surface area contributed by atoms with Gasteiger partial charge in [0.15, 0.2) is 0 Å². The summed E-state index contributed by atoms with van der Waals surface area (Å²) in [5.41, 5.74) is 3.14. The number of carbonyl (C=O) groups is 1. The maximum atomic E-state index is 13.4. The minimum absolute atomic E-state index is 0.0231. The van der Waals surface area contributed by atoms with Gasteiger partial charge in [-0.15, -0.1) is 11.3 Å². The van der Waals surface area contributed by atoms with Crippen molar-refractivity contribution in [1.82, 2.24) is 19.5 Å². The van der Waals surface area contributed by atoms with E-state index in [0.717, 1.165) is 71.9 Å². The second kappa shape index (κ2) is 8.51. The lowest BCUT2D eigenvalue weighted by molar-refractivity contribution is -0.120. The lowest BCUT2D eigenvalue weighted by Crippen LogP contribution is -2.39. The molecule has 2 fully saturated rings. The molecule has 8 heteroatoms. The average Bonchev–Trinajstić information content (AvgIpc) is 3.57. The monoisotopic (exact) mass is 472 g/mol. The van der Waals surface area contributed by atoms with Gasteiger partial charge in [0.25, 0.3) is 0 Å². The Morgan fingerprint density at radius 1 is 1.03 bits per heavy atom. The number of fused-ring (bicyclic) bond motifs is 1. The number of nitrogens with one attached hydrogen (secondary N) is 1. The van der Waals surface area contributed by atoms with E-state index in [1.807, 2.05) is 36.7 Å². The van der Waals surface area contributed by atoms with Gasteiger partial charge in [-0.25, -0.2) is 15.0 Å². The number of anilines is 2. The number of amides is 1. The summed E-state index contributed by atoms with van der Waals surface area (Å²) < 4.78 is 2.15. The molecule has 34 heavy (non-hydrogen) atoms. The maximum absolute atomic E-state index is 13.4. The van der Waals surface area contributed by atoms with Crippen molar-refractivity contribution in [1.29, 1.82) is 0 Å². The largest absolute Gasteiger partial charge is 0.356 e. The predicted octanol–water partition coefficient (Wildman–Crippen LogP) is 5.36. The highest BCUT2D eigenvalue weighted by molar-refractivity contribution is 7.18. The molecule has 1 saturated carbocycles. The molecule has 174 valence electrons. The molecule has 4 aromatic rings. The first-order valence-corrected chi connectivity index (χ1v) is 12.8. The quantitative estimate of drug-likeness (QED) is 0.423. The second-order valence-corrected chi connectivity index (χ2v) is 10.6. The van der Waals surface area contributed by atoms with Crippen LogP contribution in [-0.4, -0.2) is 38.5 Å². The number of nitrogens with zero attached hydrogens (tertiary/aromatic N) is 5. The summed E-state index contributed by atoms with van der Waals surface area (Å²) in [5, 5.41) is 4.43. The molecule has 1 aliphatic heterocycles. The van der Waals surface area contributed by atoms with Crippen molar-refractivity contribution in [3.8, 4) is 11.3 Å². The molecular formula is C26H28N6OS. The van der Waals surface area contributed by atoms with Crippen LogP contribution in [-0.2, 0) is 4.79 Å². The zero-order valence-corrected chi connectivity index (χ0v) is 20.3. The van der Waals surface area contributed by atoms with Crippen LogP contribution in [0.1, 0.15) is 42.2 Å². The van der Waals surface area contributed by atoms with Gasteiger partial charge in [-0.1, -0.05) is 30.3 Å². The van der Waals surface area contributed by atoms with Gasteiger partial charge in [0.2, 0.25) is 5.91 Å². The van der Waals surface area contributed by atoms with Gasteiger partial charge in [0, 0.05) is 35.5 Å². The van der Waals surface area contributed by atoms with Gasteiger partial charge in [-0.2, -0.15) is 0 Å². The van der Waals surface area contributed by atoms with E-state index in [-0.39, 0.29) is 11.8 Å². The van der Waals surface area contributed by atoms with Gasteiger partial charge in [-0.3, -0.25) is 4.79 Å². The van der Waals surface area contributed by atoms with E-state index >= 15 is 0 Å². The Hall–Kier alpha value is -3.26. The van der Waals surface area contributed by atoms with E-state index in [0.29, 0.717) is 6.04 Å². The molecule has 0 spiro atoms. The van der Waals surface area contributed by atoms with Crippen LogP contribution >= 0.6 is 11.3 Å². The first-order chi connectivity index (χ1) is 16.6. The predicted molar refractivity (Wildman–Crippen MR) is 136 cm³/mol. The van der Waals surface area contributed by atoms with Gasteiger partial charge in [-0.05, 0) is 45.1 Å². The summed E-state index contributed by atoms with van der Waals surface area (Å²) in [5.74, 6) is 1.91. The Kier molecular flexibility index (Phi) is 5.32. The van der Waals surface area contributed by atoms with Crippen LogP contribution in [0.5, 0.6) is 0 Å². The Bertz CT molecular complexity index is 1350. The molecule has 4 heterocycles. The third-order valence-electron chi connectivity index (χ3n) is 7.13. The van der Waals surface area contributed by atoms with Crippen LogP contribution in [0.3, 0.4) is 0 Å². The van der Waals surface area contributed by atoms with Crippen molar-refractivity contribution in [2.75, 3.05) is 23.3 Å². The summed E-state index contributed by atoms with van der Waals surface area (Å²) >= 11 is 1.72. The number of piperidine rings is 1. The zero-order chi connectivity index (χ0) is 23.2. The maximum Gasteiger partial charge on any atom is 0.228 e. The smallest absolute Gasteiger partial charge is 0.228 e. The summed E-state index contributed by atoms with van der Waals surface area (Å²) in [4.78, 5) is 31.8. The van der Waals surface area contributed by atoms with E-state index in [1.54, 1.807) is 17.7 Å². The fraction of sp³-hybridized carbons (Fsp3) is 0.385. The molecule has 3 aromatic heterocycles. The molecule has 0 atom stereocenters. The minimum Gasteiger partial charge on any atom is -0.356 e. The van der Waals surface area contributed by atoms with E-state index in [2.05, 4.69) is 43.6 Å². The van der Waals surface area contributed by atoms with Gasteiger partial charge in [0.1, 0.15) is 28.5 Å². The Labute approximate surface area is 202 Å². The molecule has 6 rings (SSSR count). The van der Waals surface area contributed by atoms with Crippen molar-refractivity contribution < 1.29 is 4.79 Å². The number of aromatic nitrogens is 4. The number of rotatable bonds is 5. The standard InChI is InChI=1S/C26H28N6OS/c1-16-17(2)34-26-21(16)23(27-14-28-26)31-12-10-19(11-13-31)25(33)30-24-22(18-6-4-3-5-7-18)29-15-32(24)20-8-9-20/h3-7,14-15,19-20H,8-13H2,1-2H3,(H,30,33). The fourth-order valence-corrected chi connectivity index (χ4v) is 5.89. The number of thiophene rings is 1. The number of aryl methyl sites for hydroxylation is 2. The van der Waals surface area contributed by atoms with Gasteiger partial charge >= 0.3 is 0 Å². The molecule has 0 unspecified atom stereocenters. The third-order valence-corrected chi connectivity index (χ3v) is 8.25. The van der Waals surface area contributed by atoms with Crippen LogP contribution in [0.25, 0.3) is 21.5 Å². The van der Waals surface area contributed by atoms with Crippen LogP contribution in [0.4, 0.5) is 11.6 Å². The van der Waals surface area contributed by atoms with Crippen molar-refractivity contribution in [3.63, 3.8) is 0 Å². The van der Waals surface area contributed by atoms with E-state index in [4.69, 9.17) is 0 Å². The Morgan fingerprint density at radius 2 is 1.79 bits per heavy atom. The normalized spacial score (nSPS) is 16.8. The average molecular weight is 473 g/mol.